The van der Waals surface area contributed by atoms with Crippen LogP contribution >= 0.6 is 0 Å². The lowest BCUT2D eigenvalue weighted by Crippen LogP contribution is -2.21. The van der Waals surface area contributed by atoms with Gasteiger partial charge in [0.15, 0.2) is 0 Å². The molecule has 0 spiro atoms. The highest BCUT2D eigenvalue weighted by Gasteiger charge is 2.37. The van der Waals surface area contributed by atoms with E-state index in [-0.39, 0.29) is 0 Å². The van der Waals surface area contributed by atoms with Crippen molar-refractivity contribution in [1.29, 1.82) is 0 Å². The third kappa shape index (κ3) is 3.20. The fraction of sp³-hybridized carbons (Fsp3) is 0.818. The Morgan fingerprint density at radius 3 is 2.75 bits per heavy atom. The van der Waals surface area contributed by atoms with Crippen molar-refractivity contribution in [2.45, 2.75) is 46.2 Å². The van der Waals surface area contributed by atoms with Crippen LogP contribution in [0.15, 0.2) is 4.42 Å². The fourth-order valence-electron chi connectivity index (χ4n) is 1.37. The molecule has 0 aliphatic heterocycles. The molecule has 1 fully saturated rings. The lowest BCUT2D eigenvalue weighted by atomic mass is 10.1. The number of hydrogen-bond donors (Lipinski definition) is 2. The van der Waals surface area contributed by atoms with Crippen LogP contribution in [-0.4, -0.2) is 22.8 Å². The quantitative estimate of drug-likeness (QED) is 0.771. The Morgan fingerprint density at radius 1 is 1.38 bits per heavy atom. The second kappa shape index (κ2) is 4.41. The van der Waals surface area contributed by atoms with Crippen LogP contribution in [-0.2, 0) is 6.54 Å². The van der Waals surface area contributed by atoms with Crippen molar-refractivity contribution in [3.63, 3.8) is 0 Å². The maximum Gasteiger partial charge on any atom is 0.315 e. The highest BCUT2D eigenvalue weighted by Crippen LogP contribution is 2.44. The van der Waals surface area contributed by atoms with E-state index in [2.05, 4.69) is 41.6 Å². The lowest BCUT2D eigenvalue weighted by Gasteiger charge is -2.06. The molecule has 2 N–H and O–H groups in total. The summed E-state index contributed by atoms with van der Waals surface area (Å²) in [5.41, 5.74) is 0.449. The van der Waals surface area contributed by atoms with Crippen molar-refractivity contribution < 1.29 is 4.42 Å². The van der Waals surface area contributed by atoms with Gasteiger partial charge in [0, 0.05) is 12.6 Å². The van der Waals surface area contributed by atoms with Gasteiger partial charge in [0.1, 0.15) is 0 Å². The van der Waals surface area contributed by atoms with E-state index in [0.29, 0.717) is 29.9 Å². The lowest BCUT2D eigenvalue weighted by molar-refractivity contribution is 0.455. The summed E-state index contributed by atoms with van der Waals surface area (Å²) in [6, 6.07) is 0.961. The van der Waals surface area contributed by atoms with Gasteiger partial charge in [-0.05, 0) is 18.3 Å². The van der Waals surface area contributed by atoms with E-state index >= 15 is 0 Å². The Morgan fingerprint density at radius 2 is 2.12 bits per heavy atom. The topological polar surface area (TPSA) is 63.0 Å². The summed E-state index contributed by atoms with van der Waals surface area (Å²) < 4.78 is 5.46. The maximum atomic E-state index is 5.46. The molecule has 0 aromatic carbocycles. The van der Waals surface area contributed by atoms with Crippen molar-refractivity contribution in [3.05, 3.63) is 5.89 Å². The molecule has 90 valence electrons. The van der Waals surface area contributed by atoms with Gasteiger partial charge in [0.05, 0.1) is 6.54 Å². The normalized spacial score (nSPS) is 17.8. The molecule has 16 heavy (non-hydrogen) atoms. The second-order valence-corrected chi connectivity index (χ2v) is 5.20. The van der Waals surface area contributed by atoms with E-state index in [1.54, 1.807) is 0 Å². The summed E-state index contributed by atoms with van der Waals surface area (Å²) in [5.74, 6) is 0.636. The van der Waals surface area contributed by atoms with E-state index in [1.165, 1.54) is 12.8 Å². The Bertz CT molecular complexity index is 344. The number of rotatable bonds is 6. The molecular weight excluding hydrogens is 204 g/mol. The monoisotopic (exact) mass is 224 g/mol. The molecule has 0 saturated heterocycles. The average molecular weight is 224 g/mol. The molecule has 0 radical (unpaired) electrons. The summed E-state index contributed by atoms with van der Waals surface area (Å²) in [4.78, 5) is 0. The van der Waals surface area contributed by atoms with Crippen LogP contribution in [0.3, 0.4) is 0 Å². The molecule has 2 rings (SSSR count). The highest BCUT2D eigenvalue weighted by atomic mass is 16.4. The number of aromatic nitrogens is 2. The zero-order valence-electron chi connectivity index (χ0n) is 10.2. The standard InChI is InChI=1S/C11H20N4O/c1-8(2)12-6-9-14-15-10(16-9)13-7-11(3)4-5-11/h8,12H,4-7H2,1-3H3,(H,13,15). The molecule has 1 saturated carbocycles. The van der Waals surface area contributed by atoms with E-state index in [9.17, 15) is 0 Å². The van der Waals surface area contributed by atoms with E-state index in [0.717, 1.165) is 6.54 Å². The molecule has 1 heterocycles. The van der Waals surface area contributed by atoms with Crippen LogP contribution in [0.1, 0.15) is 39.5 Å². The van der Waals surface area contributed by atoms with E-state index < -0.39 is 0 Å². The van der Waals surface area contributed by atoms with Gasteiger partial charge in [-0.15, -0.1) is 5.10 Å². The summed E-state index contributed by atoms with van der Waals surface area (Å²) >= 11 is 0. The number of anilines is 1. The molecule has 1 aliphatic rings. The fourth-order valence-corrected chi connectivity index (χ4v) is 1.37. The van der Waals surface area contributed by atoms with E-state index in [1.807, 2.05) is 0 Å². The van der Waals surface area contributed by atoms with Crippen molar-refractivity contribution in [2.75, 3.05) is 11.9 Å². The molecule has 0 unspecified atom stereocenters. The molecule has 1 aliphatic carbocycles. The maximum absolute atomic E-state index is 5.46. The van der Waals surface area contributed by atoms with Crippen LogP contribution in [0, 0.1) is 5.41 Å². The minimum absolute atomic E-state index is 0.425. The zero-order chi connectivity index (χ0) is 11.6. The van der Waals surface area contributed by atoms with Crippen molar-refractivity contribution in [2.24, 2.45) is 5.41 Å². The average Bonchev–Trinajstić information content (AvgIpc) is 2.80. The van der Waals surface area contributed by atoms with Gasteiger partial charge in [0.25, 0.3) is 0 Å². The molecule has 0 amide bonds. The predicted molar refractivity (Wildman–Crippen MR) is 62.1 cm³/mol. The molecule has 5 heteroatoms. The minimum atomic E-state index is 0.425. The molecule has 1 aromatic rings. The molecular formula is C11H20N4O. The second-order valence-electron chi connectivity index (χ2n) is 5.20. The summed E-state index contributed by atoms with van der Waals surface area (Å²) in [6.07, 6.45) is 2.58. The highest BCUT2D eigenvalue weighted by molar-refractivity contribution is 5.19. The van der Waals surface area contributed by atoms with Crippen LogP contribution in [0.2, 0.25) is 0 Å². The van der Waals surface area contributed by atoms with Gasteiger partial charge in [0.2, 0.25) is 5.89 Å². The Balaban J connectivity index is 1.77. The Hall–Kier alpha value is -1.10. The number of nitrogens with one attached hydrogen (secondary N) is 2. The smallest absolute Gasteiger partial charge is 0.315 e. The molecule has 5 nitrogen and oxygen atoms in total. The third-order valence-corrected chi connectivity index (χ3v) is 2.90. The van der Waals surface area contributed by atoms with Crippen LogP contribution < -0.4 is 10.6 Å². The van der Waals surface area contributed by atoms with Gasteiger partial charge in [-0.2, -0.15) is 0 Å². The predicted octanol–water partition coefficient (Wildman–Crippen LogP) is 1.78. The molecule has 1 aromatic heterocycles. The van der Waals surface area contributed by atoms with Gasteiger partial charge >= 0.3 is 6.01 Å². The van der Waals surface area contributed by atoms with Gasteiger partial charge in [-0.25, -0.2) is 0 Å². The Kier molecular flexibility index (Phi) is 3.14. The number of nitrogens with zero attached hydrogens (tertiary/aromatic N) is 2. The number of hydrogen-bond acceptors (Lipinski definition) is 5. The Labute approximate surface area is 96.0 Å². The van der Waals surface area contributed by atoms with Crippen molar-refractivity contribution in [1.82, 2.24) is 15.5 Å². The first-order chi connectivity index (χ1) is 7.57. The van der Waals surface area contributed by atoms with Gasteiger partial charge in [-0.1, -0.05) is 25.9 Å². The summed E-state index contributed by atoms with van der Waals surface area (Å²) in [6.45, 7) is 7.99. The van der Waals surface area contributed by atoms with Gasteiger partial charge < -0.3 is 15.1 Å². The van der Waals surface area contributed by atoms with Crippen molar-refractivity contribution in [3.8, 4) is 0 Å². The zero-order valence-corrected chi connectivity index (χ0v) is 10.2. The van der Waals surface area contributed by atoms with Crippen LogP contribution in [0.4, 0.5) is 6.01 Å². The van der Waals surface area contributed by atoms with E-state index in [4.69, 9.17) is 4.42 Å². The molecule has 0 atom stereocenters. The summed E-state index contributed by atoms with van der Waals surface area (Å²) in [5, 5.41) is 14.3. The first-order valence-corrected chi connectivity index (χ1v) is 5.87. The first-order valence-electron chi connectivity index (χ1n) is 5.87. The molecule has 0 bridgehead atoms. The van der Waals surface area contributed by atoms with Crippen LogP contribution in [0.5, 0.6) is 0 Å². The first kappa shape index (κ1) is 11.4. The largest absolute Gasteiger partial charge is 0.407 e. The minimum Gasteiger partial charge on any atom is -0.407 e. The van der Waals surface area contributed by atoms with Gasteiger partial charge in [-0.3, -0.25) is 0 Å². The SMILES string of the molecule is CC(C)NCc1nnc(NCC2(C)CC2)o1. The summed E-state index contributed by atoms with van der Waals surface area (Å²) in [7, 11) is 0. The third-order valence-electron chi connectivity index (χ3n) is 2.90. The van der Waals surface area contributed by atoms with Crippen LogP contribution in [0.25, 0.3) is 0 Å². The van der Waals surface area contributed by atoms with Crippen molar-refractivity contribution >= 4 is 6.01 Å².